The normalized spacial score (nSPS) is 27.5. The summed E-state index contributed by atoms with van der Waals surface area (Å²) in [5.41, 5.74) is 4.89. The Labute approximate surface area is 129 Å². The molecule has 1 aromatic rings. The third-order valence-electron chi connectivity index (χ3n) is 4.25. The molecule has 0 amide bonds. The lowest BCUT2D eigenvalue weighted by atomic mass is 9.99. The molecule has 122 valence electrons. The fourth-order valence-electron chi connectivity index (χ4n) is 3.12. The van der Waals surface area contributed by atoms with E-state index in [4.69, 9.17) is 10.5 Å². The van der Waals surface area contributed by atoms with E-state index in [-0.39, 0.29) is 18.9 Å². The molecule has 1 saturated carbocycles. The lowest BCUT2D eigenvalue weighted by Crippen LogP contribution is -2.34. The van der Waals surface area contributed by atoms with Gasteiger partial charge in [0.2, 0.25) is 0 Å². The van der Waals surface area contributed by atoms with Crippen LogP contribution in [-0.4, -0.2) is 38.5 Å². The standard InChI is InChI=1S/C15H20FNO4S/c1-3-21-14(18)15(9-17)12(13(15)22(19,20)4-2)10-6-5-7-11(16)8-10/h5-8,12-13H,3-4,9,17H2,1-2H3/t12-,13-,15-/m0/s1. The number of rotatable bonds is 6. The summed E-state index contributed by atoms with van der Waals surface area (Å²) >= 11 is 0. The molecule has 1 fully saturated rings. The van der Waals surface area contributed by atoms with E-state index in [1.165, 1.54) is 25.1 Å². The van der Waals surface area contributed by atoms with Gasteiger partial charge in [-0.3, -0.25) is 4.79 Å². The average Bonchev–Trinajstić information content (AvgIpc) is 3.19. The molecule has 1 aromatic carbocycles. The van der Waals surface area contributed by atoms with E-state index >= 15 is 0 Å². The second-order valence-electron chi connectivity index (χ2n) is 5.37. The zero-order chi connectivity index (χ0) is 16.5. The van der Waals surface area contributed by atoms with E-state index in [1.807, 2.05) is 0 Å². The molecule has 5 nitrogen and oxygen atoms in total. The molecule has 1 aliphatic carbocycles. The van der Waals surface area contributed by atoms with E-state index < -0.39 is 38.2 Å². The Kier molecular flexibility index (Phi) is 4.58. The minimum atomic E-state index is -3.52. The Morgan fingerprint density at radius 2 is 2.09 bits per heavy atom. The van der Waals surface area contributed by atoms with Crippen molar-refractivity contribution < 1.29 is 22.3 Å². The minimum Gasteiger partial charge on any atom is -0.465 e. The molecule has 0 spiro atoms. The minimum absolute atomic E-state index is 0.107. The number of hydrogen-bond donors (Lipinski definition) is 1. The number of nitrogens with two attached hydrogens (primary N) is 1. The van der Waals surface area contributed by atoms with E-state index in [9.17, 15) is 17.6 Å². The second kappa shape index (κ2) is 5.96. The van der Waals surface area contributed by atoms with Crippen LogP contribution in [0.2, 0.25) is 0 Å². The maximum atomic E-state index is 13.5. The SMILES string of the molecule is CCOC(=O)[C@@]1(CN)[C@@H](c2cccc(F)c2)[C@@H]1S(=O)(=O)CC. The Morgan fingerprint density at radius 3 is 2.59 bits per heavy atom. The fourth-order valence-corrected chi connectivity index (χ4v) is 5.19. The first-order chi connectivity index (χ1) is 10.3. The molecule has 0 heterocycles. The van der Waals surface area contributed by atoms with Crippen LogP contribution in [0, 0.1) is 11.2 Å². The van der Waals surface area contributed by atoms with Crippen molar-refractivity contribution in [1.82, 2.24) is 0 Å². The fraction of sp³-hybridized carbons (Fsp3) is 0.533. The van der Waals surface area contributed by atoms with Gasteiger partial charge in [0.05, 0.1) is 11.9 Å². The molecular formula is C15H20FNO4S. The maximum Gasteiger partial charge on any atom is 0.315 e. The van der Waals surface area contributed by atoms with Crippen LogP contribution in [-0.2, 0) is 19.4 Å². The van der Waals surface area contributed by atoms with Crippen molar-refractivity contribution in [3.05, 3.63) is 35.6 Å². The van der Waals surface area contributed by atoms with Crippen LogP contribution in [0.3, 0.4) is 0 Å². The second-order valence-corrected chi connectivity index (χ2v) is 7.78. The summed E-state index contributed by atoms with van der Waals surface area (Å²) in [5.74, 6) is -1.89. The van der Waals surface area contributed by atoms with Crippen molar-refractivity contribution in [3.8, 4) is 0 Å². The molecule has 0 aromatic heterocycles. The van der Waals surface area contributed by atoms with Crippen molar-refractivity contribution in [2.75, 3.05) is 18.9 Å². The van der Waals surface area contributed by atoms with Gasteiger partial charge < -0.3 is 10.5 Å². The van der Waals surface area contributed by atoms with E-state index in [0.29, 0.717) is 5.56 Å². The first kappa shape index (κ1) is 16.9. The Bertz CT molecular complexity index is 676. The first-order valence-electron chi connectivity index (χ1n) is 7.19. The van der Waals surface area contributed by atoms with Crippen LogP contribution < -0.4 is 5.73 Å². The topological polar surface area (TPSA) is 86.5 Å². The quantitative estimate of drug-likeness (QED) is 0.793. The van der Waals surface area contributed by atoms with Crippen LogP contribution in [0.5, 0.6) is 0 Å². The number of hydrogen-bond acceptors (Lipinski definition) is 5. The van der Waals surface area contributed by atoms with Gasteiger partial charge in [-0.1, -0.05) is 19.1 Å². The van der Waals surface area contributed by atoms with Gasteiger partial charge in [0, 0.05) is 18.2 Å². The molecule has 22 heavy (non-hydrogen) atoms. The van der Waals surface area contributed by atoms with Crippen molar-refractivity contribution in [3.63, 3.8) is 0 Å². The van der Waals surface area contributed by atoms with Crippen molar-refractivity contribution in [2.24, 2.45) is 11.1 Å². The highest BCUT2D eigenvalue weighted by Gasteiger charge is 2.75. The number of benzene rings is 1. The van der Waals surface area contributed by atoms with Gasteiger partial charge in [0.25, 0.3) is 0 Å². The van der Waals surface area contributed by atoms with E-state index in [1.54, 1.807) is 13.0 Å². The predicted molar refractivity (Wildman–Crippen MR) is 80.5 cm³/mol. The van der Waals surface area contributed by atoms with Gasteiger partial charge in [-0.05, 0) is 24.6 Å². The van der Waals surface area contributed by atoms with Crippen molar-refractivity contribution >= 4 is 15.8 Å². The monoisotopic (exact) mass is 329 g/mol. The van der Waals surface area contributed by atoms with Gasteiger partial charge in [0.1, 0.15) is 11.2 Å². The molecule has 1 aliphatic rings. The highest BCUT2D eigenvalue weighted by Crippen LogP contribution is 2.63. The third kappa shape index (κ3) is 2.52. The summed E-state index contributed by atoms with van der Waals surface area (Å²) in [7, 11) is -3.52. The van der Waals surface area contributed by atoms with Crippen LogP contribution in [0.1, 0.15) is 25.3 Å². The van der Waals surface area contributed by atoms with E-state index in [2.05, 4.69) is 0 Å². The Hall–Kier alpha value is -1.47. The summed E-state index contributed by atoms with van der Waals surface area (Å²) in [5, 5.41) is -0.962. The van der Waals surface area contributed by atoms with Crippen LogP contribution in [0.4, 0.5) is 4.39 Å². The zero-order valence-corrected chi connectivity index (χ0v) is 13.4. The van der Waals surface area contributed by atoms with Crippen LogP contribution >= 0.6 is 0 Å². The molecule has 2 rings (SSSR count). The molecule has 0 bridgehead atoms. The number of sulfone groups is 1. The van der Waals surface area contributed by atoms with Gasteiger partial charge in [-0.2, -0.15) is 0 Å². The van der Waals surface area contributed by atoms with Crippen molar-refractivity contribution in [1.29, 1.82) is 0 Å². The summed E-state index contributed by atoms with van der Waals surface area (Å²) in [6, 6.07) is 5.62. The molecule has 0 aliphatic heterocycles. The largest absolute Gasteiger partial charge is 0.465 e. The first-order valence-corrected chi connectivity index (χ1v) is 8.91. The highest BCUT2D eigenvalue weighted by molar-refractivity contribution is 7.92. The smallest absolute Gasteiger partial charge is 0.315 e. The van der Waals surface area contributed by atoms with Crippen LogP contribution in [0.25, 0.3) is 0 Å². The van der Waals surface area contributed by atoms with Gasteiger partial charge in [-0.15, -0.1) is 0 Å². The van der Waals surface area contributed by atoms with Gasteiger partial charge >= 0.3 is 5.97 Å². The molecule has 7 heteroatoms. The highest BCUT2D eigenvalue weighted by atomic mass is 32.2. The van der Waals surface area contributed by atoms with Gasteiger partial charge in [0.15, 0.2) is 9.84 Å². The molecule has 0 saturated heterocycles. The number of halogens is 1. The number of ether oxygens (including phenoxy) is 1. The van der Waals surface area contributed by atoms with Gasteiger partial charge in [-0.25, -0.2) is 12.8 Å². The maximum absolute atomic E-state index is 13.5. The summed E-state index contributed by atoms with van der Waals surface area (Å²) < 4.78 is 43.2. The molecule has 2 N–H and O–H groups in total. The van der Waals surface area contributed by atoms with E-state index in [0.717, 1.165) is 0 Å². The average molecular weight is 329 g/mol. The lowest BCUT2D eigenvalue weighted by Gasteiger charge is -2.14. The van der Waals surface area contributed by atoms with Crippen LogP contribution in [0.15, 0.2) is 24.3 Å². The zero-order valence-electron chi connectivity index (χ0n) is 12.6. The number of carbonyl (C=O) groups is 1. The number of carbonyl (C=O) groups excluding carboxylic acids is 1. The Morgan fingerprint density at radius 1 is 1.41 bits per heavy atom. The third-order valence-corrected chi connectivity index (χ3v) is 6.52. The van der Waals surface area contributed by atoms with Crippen molar-refractivity contribution in [2.45, 2.75) is 25.0 Å². The lowest BCUT2D eigenvalue weighted by molar-refractivity contribution is -0.149. The summed E-state index contributed by atoms with van der Waals surface area (Å²) in [4.78, 5) is 12.3. The Balaban J connectivity index is 2.52. The molecule has 3 atom stereocenters. The molecular weight excluding hydrogens is 309 g/mol. The summed E-state index contributed by atoms with van der Waals surface area (Å²) in [6.07, 6.45) is 0. The molecule has 0 radical (unpaired) electrons. The molecule has 0 unspecified atom stereocenters. The number of esters is 1. The summed E-state index contributed by atoms with van der Waals surface area (Å²) in [6.45, 7) is 3.14. The predicted octanol–water partition coefficient (Wildman–Crippen LogP) is 1.23.